The first-order chi connectivity index (χ1) is 12.9. The van der Waals surface area contributed by atoms with Gasteiger partial charge in [-0.25, -0.2) is 4.98 Å². The molecule has 0 unspecified atom stereocenters. The number of β-lactam (4-membered cyclic amide) rings is 1. The molecule has 27 heavy (non-hydrogen) atoms. The lowest BCUT2D eigenvalue weighted by Crippen LogP contribution is -2.68. The number of aromatic nitrogens is 1. The SMILES string of the molecule is O=C(O)CS[C@H]1NC(=O)[C@H]1NC(=O)C=NOCc1csc(NC(=O)CCl)n1. The van der Waals surface area contributed by atoms with Crippen molar-refractivity contribution in [1.29, 1.82) is 0 Å². The van der Waals surface area contributed by atoms with Crippen LogP contribution in [0.2, 0.25) is 0 Å². The molecule has 0 bridgehead atoms. The topological polar surface area (TPSA) is 159 Å². The van der Waals surface area contributed by atoms with E-state index in [1.165, 1.54) is 11.3 Å². The molecule has 14 heteroatoms. The molecule has 1 aromatic heterocycles. The van der Waals surface area contributed by atoms with Crippen LogP contribution < -0.4 is 16.0 Å². The zero-order valence-corrected chi connectivity index (χ0v) is 15.9. The molecule has 4 N–H and O–H groups in total. The molecule has 1 aliphatic rings. The van der Waals surface area contributed by atoms with Crippen LogP contribution in [0.3, 0.4) is 0 Å². The maximum Gasteiger partial charge on any atom is 0.313 e. The Morgan fingerprint density at radius 1 is 1.52 bits per heavy atom. The van der Waals surface area contributed by atoms with Gasteiger partial charge < -0.3 is 25.9 Å². The minimum Gasteiger partial charge on any atom is -0.481 e. The lowest BCUT2D eigenvalue weighted by atomic mass is 10.1. The Morgan fingerprint density at radius 2 is 2.30 bits per heavy atom. The van der Waals surface area contributed by atoms with Gasteiger partial charge in [0.1, 0.15) is 23.5 Å². The molecule has 0 radical (unpaired) electrons. The molecule has 0 spiro atoms. The normalized spacial score (nSPS) is 18.5. The molecule has 11 nitrogen and oxygen atoms in total. The van der Waals surface area contributed by atoms with Gasteiger partial charge in [-0.3, -0.25) is 19.2 Å². The van der Waals surface area contributed by atoms with Gasteiger partial charge in [-0.1, -0.05) is 5.16 Å². The Balaban J connectivity index is 1.71. The van der Waals surface area contributed by atoms with Gasteiger partial charge in [0.15, 0.2) is 11.7 Å². The number of thioether (sulfide) groups is 1. The van der Waals surface area contributed by atoms with Crippen molar-refractivity contribution in [3.05, 3.63) is 11.1 Å². The second-order valence-electron chi connectivity index (χ2n) is 4.95. The first-order valence-corrected chi connectivity index (χ1v) is 9.75. The smallest absolute Gasteiger partial charge is 0.313 e. The zero-order valence-electron chi connectivity index (χ0n) is 13.5. The quantitative estimate of drug-likeness (QED) is 0.167. The van der Waals surface area contributed by atoms with E-state index in [0.29, 0.717) is 10.8 Å². The summed E-state index contributed by atoms with van der Waals surface area (Å²) >= 11 is 7.55. The third-order valence-electron chi connectivity index (χ3n) is 2.93. The van der Waals surface area contributed by atoms with Crippen molar-refractivity contribution in [3.63, 3.8) is 0 Å². The molecule has 0 saturated carbocycles. The number of carboxylic acid groups (broad SMARTS) is 1. The van der Waals surface area contributed by atoms with Crippen molar-refractivity contribution >= 4 is 69.7 Å². The van der Waals surface area contributed by atoms with Gasteiger partial charge >= 0.3 is 5.97 Å². The highest BCUT2D eigenvalue weighted by Crippen LogP contribution is 2.19. The van der Waals surface area contributed by atoms with Crippen molar-refractivity contribution in [1.82, 2.24) is 15.6 Å². The number of nitrogens with one attached hydrogen (secondary N) is 3. The number of anilines is 1. The molecule has 0 aromatic carbocycles. The van der Waals surface area contributed by atoms with Gasteiger partial charge in [0.25, 0.3) is 5.91 Å². The zero-order chi connectivity index (χ0) is 19.8. The third kappa shape index (κ3) is 6.69. The van der Waals surface area contributed by atoms with Crippen LogP contribution in [-0.4, -0.2) is 63.0 Å². The molecule has 0 aliphatic carbocycles. The van der Waals surface area contributed by atoms with Crippen LogP contribution in [0.4, 0.5) is 5.13 Å². The van der Waals surface area contributed by atoms with E-state index in [-0.39, 0.29) is 24.1 Å². The fraction of sp³-hybridized carbons (Fsp3) is 0.385. The maximum atomic E-state index is 11.7. The van der Waals surface area contributed by atoms with Crippen molar-refractivity contribution in [3.8, 4) is 0 Å². The Bertz CT molecular complexity index is 757. The van der Waals surface area contributed by atoms with Crippen molar-refractivity contribution in [2.45, 2.75) is 18.0 Å². The third-order valence-corrected chi connectivity index (χ3v) is 5.14. The number of carboxylic acids is 1. The number of oxime groups is 1. The van der Waals surface area contributed by atoms with Crippen LogP contribution in [0, 0.1) is 0 Å². The summed E-state index contributed by atoms with van der Waals surface area (Å²) in [6.45, 7) is -0.0297. The number of halogens is 1. The number of carbonyl (C=O) groups is 4. The predicted molar refractivity (Wildman–Crippen MR) is 98.7 cm³/mol. The van der Waals surface area contributed by atoms with E-state index < -0.39 is 29.2 Å². The largest absolute Gasteiger partial charge is 0.481 e. The Kier molecular flexibility index (Phi) is 7.82. The first-order valence-electron chi connectivity index (χ1n) is 7.29. The van der Waals surface area contributed by atoms with E-state index in [0.717, 1.165) is 18.0 Å². The molecular formula is C13H14ClN5O6S2. The summed E-state index contributed by atoms with van der Waals surface area (Å²) in [5.41, 5.74) is 0.492. The van der Waals surface area contributed by atoms with Crippen LogP contribution in [0.5, 0.6) is 0 Å². The molecule has 146 valence electrons. The van der Waals surface area contributed by atoms with Crippen molar-refractivity contribution < 1.29 is 29.1 Å². The van der Waals surface area contributed by atoms with E-state index in [2.05, 4.69) is 26.1 Å². The summed E-state index contributed by atoms with van der Waals surface area (Å²) in [6, 6.07) is -0.833. The highest BCUT2D eigenvalue weighted by molar-refractivity contribution is 8.00. The monoisotopic (exact) mass is 435 g/mol. The van der Waals surface area contributed by atoms with Crippen LogP contribution in [0.25, 0.3) is 0 Å². The number of hydrogen-bond acceptors (Lipinski definition) is 9. The summed E-state index contributed by atoms with van der Waals surface area (Å²) in [6.07, 6.45) is 0.854. The number of amides is 3. The number of thiazole rings is 1. The number of alkyl halides is 1. The van der Waals surface area contributed by atoms with Gasteiger partial charge in [0.2, 0.25) is 11.8 Å². The highest BCUT2D eigenvalue weighted by atomic mass is 35.5. The maximum absolute atomic E-state index is 11.7. The number of hydrogen-bond donors (Lipinski definition) is 4. The average molecular weight is 436 g/mol. The second kappa shape index (κ2) is 10.1. The summed E-state index contributed by atoms with van der Waals surface area (Å²) in [4.78, 5) is 53.8. The Morgan fingerprint density at radius 3 is 2.96 bits per heavy atom. The molecule has 2 rings (SSSR count). The van der Waals surface area contributed by atoms with E-state index in [1.54, 1.807) is 5.38 Å². The Labute approximate surface area is 165 Å². The number of aliphatic carboxylic acids is 1. The average Bonchev–Trinajstić information content (AvgIpc) is 3.07. The van der Waals surface area contributed by atoms with Crippen molar-refractivity contribution in [2.75, 3.05) is 16.9 Å². The van der Waals surface area contributed by atoms with Crippen molar-refractivity contribution in [2.24, 2.45) is 5.16 Å². The minimum atomic E-state index is -1.02. The fourth-order valence-corrected chi connectivity index (χ4v) is 3.44. The number of rotatable bonds is 10. The molecule has 1 aromatic rings. The minimum absolute atomic E-state index is 0.0297. The van der Waals surface area contributed by atoms with Gasteiger partial charge in [-0.2, -0.15) is 0 Å². The highest BCUT2D eigenvalue weighted by Gasteiger charge is 2.40. The molecule has 1 saturated heterocycles. The first kappa shape index (κ1) is 20.9. The standard InChI is InChI=1S/C13H14ClN5O6S2/c14-1-7(20)18-13-16-6(4-27-13)3-25-15-2-8(21)17-10-11(24)19-12(10)26-5-9(22)23/h2,4,10,12H,1,3,5H2,(H,17,21)(H,19,24)(H,22,23)(H,16,18,20)/t10-,12-/m1/s1. The number of nitrogens with zero attached hydrogens (tertiary/aromatic N) is 2. The summed E-state index contributed by atoms with van der Waals surface area (Å²) in [7, 11) is 0. The molecule has 2 heterocycles. The van der Waals surface area contributed by atoms with E-state index in [9.17, 15) is 19.2 Å². The van der Waals surface area contributed by atoms with Crippen LogP contribution in [0.15, 0.2) is 10.5 Å². The van der Waals surface area contributed by atoms with E-state index in [4.69, 9.17) is 21.5 Å². The van der Waals surface area contributed by atoms with Crippen LogP contribution in [-0.2, 0) is 30.6 Å². The van der Waals surface area contributed by atoms with Crippen LogP contribution in [0.1, 0.15) is 5.69 Å². The van der Waals surface area contributed by atoms with E-state index in [1.807, 2.05) is 0 Å². The summed E-state index contributed by atoms with van der Waals surface area (Å²) < 4.78 is 0. The summed E-state index contributed by atoms with van der Waals surface area (Å²) in [5.74, 6) is -2.85. The summed E-state index contributed by atoms with van der Waals surface area (Å²) in [5, 5.41) is 21.0. The van der Waals surface area contributed by atoms with Gasteiger partial charge in [-0.15, -0.1) is 34.7 Å². The molecule has 1 aliphatic heterocycles. The Hall–Kier alpha value is -2.38. The molecule has 3 amide bonds. The molecule has 2 atom stereocenters. The van der Waals surface area contributed by atoms with Gasteiger partial charge in [0.05, 0.1) is 11.4 Å². The lowest BCUT2D eigenvalue weighted by molar-refractivity contribution is -0.134. The molecular weight excluding hydrogens is 422 g/mol. The lowest BCUT2D eigenvalue weighted by Gasteiger charge is -2.35. The van der Waals surface area contributed by atoms with E-state index >= 15 is 0 Å². The number of carbonyl (C=O) groups excluding carboxylic acids is 3. The van der Waals surface area contributed by atoms with Gasteiger partial charge in [-0.05, 0) is 0 Å². The fourth-order valence-electron chi connectivity index (χ4n) is 1.76. The van der Waals surface area contributed by atoms with Gasteiger partial charge in [0, 0.05) is 5.38 Å². The van der Waals surface area contributed by atoms with Crippen LogP contribution >= 0.6 is 34.7 Å². The second-order valence-corrected chi connectivity index (χ2v) is 7.21. The predicted octanol–water partition coefficient (Wildman–Crippen LogP) is -0.419. The molecule has 1 fully saturated rings.